The Kier molecular flexibility index (Phi) is 6.22. The summed E-state index contributed by atoms with van der Waals surface area (Å²) < 4.78 is 4.92. The molecular weight excluding hydrogens is 364 g/mol. The Morgan fingerprint density at radius 2 is 2.00 bits per heavy atom. The average molecular weight is 382 g/mol. The highest BCUT2D eigenvalue weighted by atomic mass is 32.2. The number of aromatic amines is 1. The van der Waals surface area contributed by atoms with E-state index in [4.69, 9.17) is 4.74 Å². The van der Waals surface area contributed by atoms with Crippen LogP contribution < -0.4 is 5.43 Å². The first-order valence-electron chi connectivity index (χ1n) is 8.32. The molecular formula is C19H18N4O3S. The summed E-state index contributed by atoms with van der Waals surface area (Å²) in [5.74, 6) is -0.407. The fourth-order valence-electron chi connectivity index (χ4n) is 2.26. The lowest BCUT2D eigenvalue weighted by atomic mass is 10.1. The number of para-hydroxylation sites is 2. The van der Waals surface area contributed by atoms with Gasteiger partial charge in [0.2, 0.25) is 0 Å². The zero-order chi connectivity index (χ0) is 19.1. The molecule has 138 valence electrons. The van der Waals surface area contributed by atoms with Crippen molar-refractivity contribution in [3.63, 3.8) is 0 Å². The summed E-state index contributed by atoms with van der Waals surface area (Å²) >= 11 is 1.31. The predicted octanol–water partition coefficient (Wildman–Crippen LogP) is 2.98. The SMILES string of the molecule is CCOC(=O)c1ccc(/C=N/NC(=O)CSc2nc3ccccc3[nH]2)cc1. The summed E-state index contributed by atoms with van der Waals surface area (Å²) in [7, 11) is 0. The van der Waals surface area contributed by atoms with Crippen LogP contribution in [0.25, 0.3) is 11.0 Å². The van der Waals surface area contributed by atoms with E-state index in [1.54, 1.807) is 31.2 Å². The number of nitrogens with zero attached hydrogens (tertiary/aromatic N) is 2. The van der Waals surface area contributed by atoms with E-state index in [1.807, 2.05) is 24.3 Å². The molecule has 0 aliphatic heterocycles. The number of carbonyl (C=O) groups excluding carboxylic acids is 2. The number of imidazole rings is 1. The molecule has 3 rings (SSSR count). The number of nitrogens with one attached hydrogen (secondary N) is 2. The summed E-state index contributed by atoms with van der Waals surface area (Å²) in [6, 6.07) is 14.4. The van der Waals surface area contributed by atoms with Crippen molar-refractivity contribution in [2.75, 3.05) is 12.4 Å². The Morgan fingerprint density at radius 1 is 1.22 bits per heavy atom. The molecule has 1 aromatic heterocycles. The van der Waals surface area contributed by atoms with Crippen molar-refractivity contribution in [3.8, 4) is 0 Å². The number of rotatable bonds is 7. The van der Waals surface area contributed by atoms with Crippen LogP contribution in [0.5, 0.6) is 0 Å². The van der Waals surface area contributed by atoms with Gasteiger partial charge in [0.25, 0.3) is 5.91 Å². The maximum Gasteiger partial charge on any atom is 0.338 e. The molecule has 0 fully saturated rings. The quantitative estimate of drug-likeness (QED) is 0.283. The number of esters is 1. The number of hydrogen-bond acceptors (Lipinski definition) is 6. The standard InChI is InChI=1S/C19H18N4O3S/c1-2-26-18(25)14-9-7-13(8-10-14)11-20-23-17(24)12-27-19-21-15-5-3-4-6-16(15)22-19/h3-11H,2,12H2,1H3,(H,21,22)(H,23,24)/b20-11+. The van der Waals surface area contributed by atoms with E-state index in [-0.39, 0.29) is 17.6 Å². The Morgan fingerprint density at radius 3 is 2.74 bits per heavy atom. The minimum Gasteiger partial charge on any atom is -0.462 e. The Balaban J connectivity index is 1.47. The van der Waals surface area contributed by atoms with Crippen LogP contribution in [0.1, 0.15) is 22.8 Å². The van der Waals surface area contributed by atoms with Crippen molar-refractivity contribution in [2.45, 2.75) is 12.1 Å². The molecule has 2 N–H and O–H groups in total. The van der Waals surface area contributed by atoms with Crippen molar-refractivity contribution < 1.29 is 14.3 Å². The van der Waals surface area contributed by atoms with Gasteiger partial charge in [-0.3, -0.25) is 4.79 Å². The lowest BCUT2D eigenvalue weighted by Crippen LogP contribution is -2.19. The van der Waals surface area contributed by atoms with Gasteiger partial charge in [-0.05, 0) is 36.8 Å². The molecule has 8 heteroatoms. The van der Waals surface area contributed by atoms with Gasteiger partial charge in [-0.25, -0.2) is 15.2 Å². The molecule has 7 nitrogen and oxygen atoms in total. The Bertz CT molecular complexity index is 934. The summed E-state index contributed by atoms with van der Waals surface area (Å²) in [4.78, 5) is 31.0. The van der Waals surface area contributed by atoms with Gasteiger partial charge in [0, 0.05) is 0 Å². The van der Waals surface area contributed by atoms with Crippen molar-refractivity contribution in [2.24, 2.45) is 5.10 Å². The fourth-order valence-corrected chi connectivity index (χ4v) is 2.94. The monoisotopic (exact) mass is 382 g/mol. The first-order valence-corrected chi connectivity index (χ1v) is 9.31. The van der Waals surface area contributed by atoms with Crippen molar-refractivity contribution in [1.82, 2.24) is 15.4 Å². The summed E-state index contributed by atoms with van der Waals surface area (Å²) in [5, 5.41) is 4.61. The summed E-state index contributed by atoms with van der Waals surface area (Å²) in [6.45, 7) is 2.09. The molecule has 3 aromatic rings. The molecule has 0 spiro atoms. The highest BCUT2D eigenvalue weighted by Gasteiger charge is 2.07. The second-order valence-corrected chi connectivity index (χ2v) is 6.45. The third-order valence-electron chi connectivity index (χ3n) is 3.53. The first kappa shape index (κ1) is 18.7. The molecule has 0 saturated carbocycles. The van der Waals surface area contributed by atoms with Gasteiger partial charge in [-0.15, -0.1) is 0 Å². The Labute approximate surface area is 160 Å². The number of ether oxygens (including phenoxy) is 1. The van der Waals surface area contributed by atoms with Gasteiger partial charge in [0.05, 0.1) is 35.2 Å². The summed E-state index contributed by atoms with van der Waals surface area (Å²) in [5.41, 5.74) is 5.50. The molecule has 0 aliphatic carbocycles. The zero-order valence-corrected chi connectivity index (χ0v) is 15.5. The van der Waals surface area contributed by atoms with Crippen LogP contribution in [-0.2, 0) is 9.53 Å². The van der Waals surface area contributed by atoms with Crippen molar-refractivity contribution in [1.29, 1.82) is 0 Å². The van der Waals surface area contributed by atoms with Gasteiger partial charge >= 0.3 is 5.97 Å². The maximum atomic E-state index is 11.9. The van der Waals surface area contributed by atoms with Crippen LogP contribution in [-0.4, -0.2) is 40.4 Å². The minimum absolute atomic E-state index is 0.193. The van der Waals surface area contributed by atoms with E-state index >= 15 is 0 Å². The van der Waals surface area contributed by atoms with Crippen LogP contribution in [0.3, 0.4) is 0 Å². The van der Waals surface area contributed by atoms with Gasteiger partial charge in [0.15, 0.2) is 5.16 Å². The molecule has 0 atom stereocenters. The fraction of sp³-hybridized carbons (Fsp3) is 0.158. The number of hydrazone groups is 1. The minimum atomic E-state index is -0.364. The number of H-pyrrole nitrogens is 1. The molecule has 1 amide bonds. The molecule has 0 radical (unpaired) electrons. The van der Waals surface area contributed by atoms with Gasteiger partial charge < -0.3 is 9.72 Å². The molecule has 0 unspecified atom stereocenters. The first-order chi connectivity index (χ1) is 13.2. The molecule has 0 aliphatic rings. The highest BCUT2D eigenvalue weighted by Crippen LogP contribution is 2.18. The summed E-state index contributed by atoms with van der Waals surface area (Å²) in [6.07, 6.45) is 1.51. The molecule has 0 saturated heterocycles. The second kappa shape index (κ2) is 9.00. The normalized spacial score (nSPS) is 11.0. The van der Waals surface area contributed by atoms with Gasteiger partial charge in [0.1, 0.15) is 0 Å². The van der Waals surface area contributed by atoms with E-state index in [0.717, 1.165) is 16.6 Å². The van der Waals surface area contributed by atoms with Crippen LogP contribution in [0.2, 0.25) is 0 Å². The lowest BCUT2D eigenvalue weighted by Gasteiger charge is -2.01. The van der Waals surface area contributed by atoms with Gasteiger partial charge in [-0.2, -0.15) is 5.10 Å². The number of thioether (sulfide) groups is 1. The number of benzene rings is 2. The number of carbonyl (C=O) groups is 2. The third-order valence-corrected chi connectivity index (χ3v) is 4.41. The molecule has 0 bridgehead atoms. The largest absolute Gasteiger partial charge is 0.462 e. The van der Waals surface area contributed by atoms with Crippen LogP contribution >= 0.6 is 11.8 Å². The predicted molar refractivity (Wildman–Crippen MR) is 105 cm³/mol. The number of amides is 1. The van der Waals surface area contributed by atoms with E-state index in [1.165, 1.54) is 18.0 Å². The van der Waals surface area contributed by atoms with E-state index in [0.29, 0.717) is 17.3 Å². The Hall–Kier alpha value is -3.13. The van der Waals surface area contributed by atoms with Crippen LogP contribution in [0.4, 0.5) is 0 Å². The smallest absolute Gasteiger partial charge is 0.338 e. The van der Waals surface area contributed by atoms with Crippen molar-refractivity contribution in [3.05, 3.63) is 59.7 Å². The molecule has 27 heavy (non-hydrogen) atoms. The van der Waals surface area contributed by atoms with Crippen LogP contribution in [0, 0.1) is 0 Å². The van der Waals surface area contributed by atoms with E-state index in [9.17, 15) is 9.59 Å². The second-order valence-electron chi connectivity index (χ2n) is 5.48. The third kappa shape index (κ3) is 5.18. The number of hydrogen-bond donors (Lipinski definition) is 2. The topological polar surface area (TPSA) is 96.4 Å². The number of aromatic nitrogens is 2. The maximum absolute atomic E-state index is 11.9. The van der Waals surface area contributed by atoms with E-state index in [2.05, 4.69) is 20.5 Å². The van der Waals surface area contributed by atoms with E-state index < -0.39 is 0 Å². The highest BCUT2D eigenvalue weighted by molar-refractivity contribution is 7.99. The number of fused-ring (bicyclic) bond motifs is 1. The average Bonchev–Trinajstić information content (AvgIpc) is 3.10. The van der Waals surface area contributed by atoms with Gasteiger partial charge in [-0.1, -0.05) is 36.0 Å². The molecule has 2 aromatic carbocycles. The zero-order valence-electron chi connectivity index (χ0n) is 14.6. The van der Waals surface area contributed by atoms with Crippen LogP contribution in [0.15, 0.2) is 58.8 Å². The van der Waals surface area contributed by atoms with Crippen molar-refractivity contribution >= 4 is 40.9 Å². The molecule has 1 heterocycles. The lowest BCUT2D eigenvalue weighted by molar-refractivity contribution is -0.118.